The third-order valence-corrected chi connectivity index (χ3v) is 3.79. The molecule has 0 fully saturated rings. The Kier molecular flexibility index (Phi) is 7.78. The standard InChI is InChI=1S/C17H28BrNO/c1-5-20-12-6-7-15(13-19-17(2,3)4)14-8-10-16(18)11-9-14/h8-11,15,19H,5-7,12-13H2,1-4H3. The highest BCUT2D eigenvalue weighted by molar-refractivity contribution is 9.10. The summed E-state index contributed by atoms with van der Waals surface area (Å²) in [6.45, 7) is 11.4. The first-order valence-corrected chi connectivity index (χ1v) is 8.30. The molecule has 2 nitrogen and oxygen atoms in total. The van der Waals surface area contributed by atoms with Crippen LogP contribution in [0, 0.1) is 0 Å². The van der Waals surface area contributed by atoms with E-state index in [2.05, 4.69) is 66.3 Å². The van der Waals surface area contributed by atoms with Gasteiger partial charge in [0, 0.05) is 29.8 Å². The minimum absolute atomic E-state index is 0.160. The monoisotopic (exact) mass is 341 g/mol. The zero-order valence-electron chi connectivity index (χ0n) is 13.2. The molecule has 20 heavy (non-hydrogen) atoms. The number of halogens is 1. The summed E-state index contributed by atoms with van der Waals surface area (Å²) in [5.41, 5.74) is 1.56. The van der Waals surface area contributed by atoms with Gasteiger partial charge in [0.1, 0.15) is 0 Å². The van der Waals surface area contributed by atoms with E-state index in [0.717, 1.165) is 37.1 Å². The summed E-state index contributed by atoms with van der Waals surface area (Å²) in [6.07, 6.45) is 2.27. The second-order valence-electron chi connectivity index (χ2n) is 6.22. The van der Waals surface area contributed by atoms with Crippen LogP contribution in [0.3, 0.4) is 0 Å². The van der Waals surface area contributed by atoms with Crippen molar-refractivity contribution < 1.29 is 4.74 Å². The van der Waals surface area contributed by atoms with Gasteiger partial charge in [-0.1, -0.05) is 28.1 Å². The maximum atomic E-state index is 5.46. The number of ether oxygens (including phenoxy) is 1. The van der Waals surface area contributed by atoms with E-state index in [4.69, 9.17) is 4.74 Å². The number of hydrogen-bond acceptors (Lipinski definition) is 2. The normalized spacial score (nSPS) is 13.4. The first-order chi connectivity index (χ1) is 9.42. The van der Waals surface area contributed by atoms with Gasteiger partial charge in [-0.3, -0.25) is 0 Å². The molecule has 1 atom stereocenters. The van der Waals surface area contributed by atoms with Crippen molar-refractivity contribution in [2.75, 3.05) is 19.8 Å². The van der Waals surface area contributed by atoms with Gasteiger partial charge in [-0.15, -0.1) is 0 Å². The van der Waals surface area contributed by atoms with E-state index in [0.29, 0.717) is 5.92 Å². The Morgan fingerprint density at radius 2 is 1.85 bits per heavy atom. The van der Waals surface area contributed by atoms with E-state index in [9.17, 15) is 0 Å². The average molecular weight is 342 g/mol. The lowest BCUT2D eigenvalue weighted by Gasteiger charge is -2.26. The van der Waals surface area contributed by atoms with Gasteiger partial charge in [-0.2, -0.15) is 0 Å². The summed E-state index contributed by atoms with van der Waals surface area (Å²) in [6, 6.07) is 8.70. The summed E-state index contributed by atoms with van der Waals surface area (Å²) >= 11 is 3.50. The average Bonchev–Trinajstić information content (AvgIpc) is 2.38. The smallest absolute Gasteiger partial charge is 0.0466 e. The molecular weight excluding hydrogens is 314 g/mol. The fourth-order valence-corrected chi connectivity index (χ4v) is 2.39. The number of benzene rings is 1. The Bertz CT molecular complexity index is 370. The van der Waals surface area contributed by atoms with Crippen LogP contribution >= 0.6 is 15.9 Å². The van der Waals surface area contributed by atoms with Crippen LogP contribution in [0.4, 0.5) is 0 Å². The minimum Gasteiger partial charge on any atom is -0.382 e. The Hall–Kier alpha value is -0.380. The topological polar surface area (TPSA) is 21.3 Å². The van der Waals surface area contributed by atoms with Crippen LogP contribution in [-0.2, 0) is 4.74 Å². The predicted molar refractivity (Wildman–Crippen MR) is 90.4 cm³/mol. The molecule has 0 spiro atoms. The highest BCUT2D eigenvalue weighted by Gasteiger charge is 2.15. The van der Waals surface area contributed by atoms with E-state index in [1.807, 2.05) is 6.92 Å². The van der Waals surface area contributed by atoms with E-state index < -0.39 is 0 Å². The van der Waals surface area contributed by atoms with Crippen molar-refractivity contribution >= 4 is 15.9 Å². The first-order valence-electron chi connectivity index (χ1n) is 7.50. The highest BCUT2D eigenvalue weighted by Crippen LogP contribution is 2.23. The molecule has 3 heteroatoms. The van der Waals surface area contributed by atoms with Crippen LogP contribution < -0.4 is 5.32 Å². The summed E-state index contributed by atoms with van der Waals surface area (Å²) in [7, 11) is 0. The quantitative estimate of drug-likeness (QED) is 0.689. The van der Waals surface area contributed by atoms with Gasteiger partial charge in [0.2, 0.25) is 0 Å². The highest BCUT2D eigenvalue weighted by atomic mass is 79.9. The number of nitrogens with one attached hydrogen (secondary N) is 1. The summed E-state index contributed by atoms with van der Waals surface area (Å²) in [4.78, 5) is 0. The van der Waals surface area contributed by atoms with Crippen molar-refractivity contribution in [2.45, 2.75) is 52.0 Å². The van der Waals surface area contributed by atoms with Gasteiger partial charge in [0.25, 0.3) is 0 Å². The Morgan fingerprint density at radius 1 is 1.20 bits per heavy atom. The van der Waals surface area contributed by atoms with E-state index in [1.165, 1.54) is 5.56 Å². The second kappa shape index (κ2) is 8.81. The molecule has 1 rings (SSSR count). The predicted octanol–water partition coefficient (Wildman–Crippen LogP) is 4.74. The van der Waals surface area contributed by atoms with Crippen LogP contribution in [0.1, 0.15) is 52.0 Å². The lowest BCUT2D eigenvalue weighted by molar-refractivity contribution is 0.141. The maximum Gasteiger partial charge on any atom is 0.0466 e. The third-order valence-electron chi connectivity index (χ3n) is 3.27. The fourth-order valence-electron chi connectivity index (χ4n) is 2.13. The molecule has 0 saturated carbocycles. The lowest BCUT2D eigenvalue weighted by atomic mass is 9.93. The molecule has 0 aromatic heterocycles. The molecular formula is C17H28BrNO. The molecule has 0 bridgehead atoms. The number of rotatable bonds is 8. The van der Waals surface area contributed by atoms with Gasteiger partial charge in [0.05, 0.1) is 0 Å². The van der Waals surface area contributed by atoms with Gasteiger partial charge < -0.3 is 10.1 Å². The van der Waals surface area contributed by atoms with Gasteiger partial charge in [0.15, 0.2) is 0 Å². The molecule has 1 unspecified atom stereocenters. The van der Waals surface area contributed by atoms with Crippen molar-refractivity contribution in [2.24, 2.45) is 0 Å². The van der Waals surface area contributed by atoms with Crippen LogP contribution in [-0.4, -0.2) is 25.3 Å². The summed E-state index contributed by atoms with van der Waals surface area (Å²) < 4.78 is 6.59. The van der Waals surface area contributed by atoms with Crippen molar-refractivity contribution in [1.82, 2.24) is 5.32 Å². The SMILES string of the molecule is CCOCCCC(CNC(C)(C)C)c1ccc(Br)cc1. The summed E-state index contributed by atoms with van der Waals surface area (Å²) in [5.74, 6) is 0.544. The zero-order chi connectivity index (χ0) is 15.0. The van der Waals surface area contributed by atoms with E-state index >= 15 is 0 Å². The van der Waals surface area contributed by atoms with Gasteiger partial charge >= 0.3 is 0 Å². The van der Waals surface area contributed by atoms with Crippen LogP contribution in [0.15, 0.2) is 28.7 Å². The number of hydrogen-bond donors (Lipinski definition) is 1. The first kappa shape index (κ1) is 17.7. The van der Waals surface area contributed by atoms with E-state index in [-0.39, 0.29) is 5.54 Å². The Balaban J connectivity index is 2.60. The third kappa shape index (κ3) is 7.41. The molecule has 1 aromatic carbocycles. The Morgan fingerprint density at radius 3 is 2.40 bits per heavy atom. The molecule has 0 aliphatic carbocycles. The molecule has 114 valence electrons. The van der Waals surface area contributed by atoms with Crippen LogP contribution in [0.25, 0.3) is 0 Å². The van der Waals surface area contributed by atoms with Gasteiger partial charge in [-0.25, -0.2) is 0 Å². The molecule has 0 radical (unpaired) electrons. The van der Waals surface area contributed by atoms with Crippen molar-refractivity contribution in [3.8, 4) is 0 Å². The largest absolute Gasteiger partial charge is 0.382 e. The molecule has 1 N–H and O–H groups in total. The maximum absolute atomic E-state index is 5.46. The van der Waals surface area contributed by atoms with Crippen molar-refractivity contribution in [3.05, 3.63) is 34.3 Å². The van der Waals surface area contributed by atoms with Crippen LogP contribution in [0.2, 0.25) is 0 Å². The molecule has 0 saturated heterocycles. The molecule has 0 amide bonds. The molecule has 1 aromatic rings. The lowest BCUT2D eigenvalue weighted by Crippen LogP contribution is -2.38. The van der Waals surface area contributed by atoms with Crippen LogP contribution in [0.5, 0.6) is 0 Å². The van der Waals surface area contributed by atoms with Crippen molar-refractivity contribution in [3.63, 3.8) is 0 Å². The van der Waals surface area contributed by atoms with E-state index in [1.54, 1.807) is 0 Å². The molecule has 0 aliphatic heterocycles. The van der Waals surface area contributed by atoms with Gasteiger partial charge in [-0.05, 0) is 64.2 Å². The zero-order valence-corrected chi connectivity index (χ0v) is 14.8. The second-order valence-corrected chi connectivity index (χ2v) is 7.13. The minimum atomic E-state index is 0.160. The molecule has 0 aliphatic rings. The molecule has 0 heterocycles. The Labute approximate surface area is 132 Å². The fraction of sp³-hybridized carbons (Fsp3) is 0.647. The summed E-state index contributed by atoms with van der Waals surface area (Å²) in [5, 5.41) is 3.62. The van der Waals surface area contributed by atoms with Crippen molar-refractivity contribution in [1.29, 1.82) is 0 Å².